The molecule has 0 amide bonds. The number of alkyl halides is 4. The fourth-order valence-electron chi connectivity index (χ4n) is 3.67. The molecule has 2 aromatic rings. The summed E-state index contributed by atoms with van der Waals surface area (Å²) in [7, 11) is -4.09. The van der Waals surface area contributed by atoms with Crippen molar-refractivity contribution in [2.75, 3.05) is 0 Å². The maximum atomic E-state index is 14.0. The zero-order chi connectivity index (χ0) is 20.3. The Labute approximate surface area is 157 Å². The first kappa shape index (κ1) is 19.3. The zero-order valence-corrected chi connectivity index (χ0v) is 15.2. The molecule has 0 unspecified atom stereocenters. The molecule has 1 fully saturated rings. The van der Waals surface area contributed by atoms with Crippen LogP contribution < -0.4 is 5.73 Å². The van der Waals surface area contributed by atoms with Gasteiger partial charge in [0.05, 0.1) is 10.9 Å². The van der Waals surface area contributed by atoms with Gasteiger partial charge in [-0.1, -0.05) is 6.07 Å². The molecule has 1 aromatic carbocycles. The number of fused-ring (bicyclic) bond motifs is 1. The molecule has 1 aromatic heterocycles. The topological polar surface area (TPSA) is 102 Å². The zero-order valence-electron chi connectivity index (χ0n) is 14.4. The second kappa shape index (κ2) is 6.49. The van der Waals surface area contributed by atoms with Crippen molar-refractivity contribution < 1.29 is 30.4 Å². The van der Waals surface area contributed by atoms with E-state index >= 15 is 0 Å². The molecule has 152 valence electrons. The lowest BCUT2D eigenvalue weighted by Gasteiger charge is -2.39. The van der Waals surface area contributed by atoms with Crippen molar-refractivity contribution >= 4 is 10.0 Å². The minimum absolute atomic E-state index is 0.0848. The van der Waals surface area contributed by atoms with Gasteiger partial charge in [-0.3, -0.25) is 0 Å². The SMILES string of the molecule is N[C@H]1[C@H](N2Cc3ccc(-c4nnc(C(F)F)o4)cc3S2(=O)=O)CCCC1(F)F. The summed E-state index contributed by atoms with van der Waals surface area (Å²) in [6.45, 7) is -0.0848. The highest BCUT2D eigenvalue weighted by molar-refractivity contribution is 7.89. The van der Waals surface area contributed by atoms with Gasteiger partial charge in [-0.25, -0.2) is 17.2 Å². The summed E-state index contributed by atoms with van der Waals surface area (Å²) in [6, 6.07) is 1.52. The summed E-state index contributed by atoms with van der Waals surface area (Å²) in [4.78, 5) is -0.108. The minimum Gasteiger partial charge on any atom is -0.415 e. The Kier molecular flexibility index (Phi) is 4.47. The third-order valence-electron chi connectivity index (χ3n) is 5.14. The molecular weight excluding hydrogens is 404 g/mol. The number of aromatic nitrogens is 2. The fraction of sp³-hybridized carbons (Fsp3) is 0.500. The van der Waals surface area contributed by atoms with Crippen LogP contribution in [0.1, 0.15) is 37.1 Å². The minimum atomic E-state index is -4.09. The van der Waals surface area contributed by atoms with Crippen LogP contribution in [-0.4, -0.2) is 40.9 Å². The normalized spacial score (nSPS) is 26.5. The highest BCUT2D eigenvalue weighted by Crippen LogP contribution is 2.41. The molecule has 2 heterocycles. The lowest BCUT2D eigenvalue weighted by molar-refractivity contribution is -0.0726. The summed E-state index contributed by atoms with van der Waals surface area (Å²) < 4.78 is 85.0. The number of benzene rings is 1. The van der Waals surface area contributed by atoms with Crippen molar-refractivity contribution in [2.24, 2.45) is 5.73 Å². The number of hydrogen-bond acceptors (Lipinski definition) is 6. The van der Waals surface area contributed by atoms with Crippen molar-refractivity contribution in [2.45, 2.75) is 55.1 Å². The van der Waals surface area contributed by atoms with Gasteiger partial charge in [0.25, 0.3) is 11.8 Å². The molecule has 2 atom stereocenters. The second-order valence-corrected chi connectivity index (χ2v) is 8.72. The van der Waals surface area contributed by atoms with Crippen molar-refractivity contribution in [3.8, 4) is 11.5 Å². The molecule has 0 spiro atoms. The van der Waals surface area contributed by atoms with E-state index in [1.165, 1.54) is 18.2 Å². The predicted molar refractivity (Wildman–Crippen MR) is 88.0 cm³/mol. The highest BCUT2D eigenvalue weighted by Gasteiger charge is 2.51. The summed E-state index contributed by atoms with van der Waals surface area (Å²) >= 11 is 0. The maximum absolute atomic E-state index is 14.0. The lowest BCUT2D eigenvalue weighted by Crippen LogP contribution is -2.58. The van der Waals surface area contributed by atoms with Crippen LogP contribution in [0, 0.1) is 0 Å². The van der Waals surface area contributed by atoms with Gasteiger partial charge < -0.3 is 10.2 Å². The lowest BCUT2D eigenvalue weighted by atomic mass is 9.87. The summed E-state index contributed by atoms with van der Waals surface area (Å²) in [5.74, 6) is -4.28. The van der Waals surface area contributed by atoms with Crippen molar-refractivity contribution in [1.29, 1.82) is 0 Å². The average molecular weight is 420 g/mol. The molecule has 1 saturated carbocycles. The van der Waals surface area contributed by atoms with Crippen LogP contribution in [0.25, 0.3) is 11.5 Å². The van der Waals surface area contributed by atoms with E-state index in [0.29, 0.717) is 5.56 Å². The van der Waals surface area contributed by atoms with E-state index in [-0.39, 0.29) is 42.2 Å². The Bertz CT molecular complexity index is 1010. The van der Waals surface area contributed by atoms with Crippen molar-refractivity contribution in [1.82, 2.24) is 14.5 Å². The van der Waals surface area contributed by atoms with Crippen LogP contribution in [0.3, 0.4) is 0 Å². The monoisotopic (exact) mass is 420 g/mol. The Morgan fingerprint density at radius 3 is 2.71 bits per heavy atom. The quantitative estimate of drug-likeness (QED) is 0.766. The number of sulfonamides is 1. The molecule has 2 aliphatic rings. The second-order valence-electron chi connectivity index (χ2n) is 6.87. The van der Waals surface area contributed by atoms with E-state index in [2.05, 4.69) is 10.2 Å². The molecule has 28 heavy (non-hydrogen) atoms. The molecular formula is C16H16F4N4O3S. The van der Waals surface area contributed by atoms with Gasteiger partial charge >= 0.3 is 6.43 Å². The number of halogens is 4. The summed E-state index contributed by atoms with van der Waals surface area (Å²) in [5, 5.41) is 6.71. The molecule has 4 rings (SSSR count). The Hall–Kier alpha value is -2.05. The van der Waals surface area contributed by atoms with Gasteiger partial charge in [0.1, 0.15) is 0 Å². The summed E-state index contributed by atoms with van der Waals surface area (Å²) in [5.41, 5.74) is 6.23. The Morgan fingerprint density at radius 1 is 1.29 bits per heavy atom. The maximum Gasteiger partial charge on any atom is 0.314 e. The Balaban J connectivity index is 1.68. The molecule has 12 heteroatoms. The van der Waals surface area contributed by atoms with E-state index in [9.17, 15) is 26.0 Å². The summed E-state index contributed by atoms with van der Waals surface area (Å²) in [6.07, 6.45) is -2.93. The number of rotatable bonds is 3. The van der Waals surface area contributed by atoms with Crippen LogP contribution in [-0.2, 0) is 16.6 Å². The number of hydrogen-bond donors (Lipinski definition) is 1. The van der Waals surface area contributed by atoms with Crippen LogP contribution in [0.15, 0.2) is 27.5 Å². The molecule has 7 nitrogen and oxygen atoms in total. The van der Waals surface area contributed by atoms with Crippen LogP contribution in [0.2, 0.25) is 0 Å². The van der Waals surface area contributed by atoms with Crippen molar-refractivity contribution in [3.63, 3.8) is 0 Å². The van der Waals surface area contributed by atoms with Gasteiger partial charge in [-0.15, -0.1) is 10.2 Å². The number of nitrogens with two attached hydrogens (primary N) is 1. The molecule has 1 aliphatic heterocycles. The van der Waals surface area contributed by atoms with Gasteiger partial charge in [0.2, 0.25) is 15.9 Å². The van der Waals surface area contributed by atoms with Crippen LogP contribution in [0.4, 0.5) is 17.6 Å². The third kappa shape index (κ3) is 2.99. The van der Waals surface area contributed by atoms with Gasteiger partial charge in [0.15, 0.2) is 0 Å². The first-order valence-corrected chi connectivity index (χ1v) is 9.95. The van der Waals surface area contributed by atoms with E-state index in [1.54, 1.807) is 0 Å². The first-order valence-electron chi connectivity index (χ1n) is 8.51. The van der Waals surface area contributed by atoms with Gasteiger partial charge in [-0.05, 0) is 30.5 Å². The molecule has 0 saturated heterocycles. The van der Waals surface area contributed by atoms with Crippen LogP contribution >= 0.6 is 0 Å². The van der Waals surface area contributed by atoms with Crippen LogP contribution in [0.5, 0.6) is 0 Å². The Morgan fingerprint density at radius 2 is 2.04 bits per heavy atom. The standard InChI is InChI=1S/C16H16F4N4O3S/c17-13(18)15-23-22-14(27-15)8-3-4-9-7-24(28(25,26)11(9)6-8)10-2-1-5-16(19,20)12(10)21/h3-4,6,10,12-13H,1-2,5,7,21H2/t10-,12+/m1/s1. The largest absolute Gasteiger partial charge is 0.415 e. The fourth-order valence-corrected chi connectivity index (χ4v) is 5.56. The molecule has 1 aliphatic carbocycles. The van der Waals surface area contributed by atoms with E-state index < -0.39 is 40.3 Å². The highest BCUT2D eigenvalue weighted by atomic mass is 32.2. The predicted octanol–water partition coefficient (Wildman–Crippen LogP) is 2.69. The molecule has 0 radical (unpaired) electrons. The molecule has 2 N–H and O–H groups in total. The average Bonchev–Trinajstić information content (AvgIpc) is 3.21. The third-order valence-corrected chi connectivity index (χ3v) is 7.09. The number of nitrogens with zero attached hydrogens (tertiary/aromatic N) is 3. The van der Waals surface area contributed by atoms with Gasteiger partial charge in [-0.2, -0.15) is 13.1 Å². The first-order chi connectivity index (χ1) is 13.1. The molecule has 0 bridgehead atoms. The smallest absolute Gasteiger partial charge is 0.314 e. The van der Waals surface area contributed by atoms with Gasteiger partial charge in [0, 0.05) is 24.6 Å². The van der Waals surface area contributed by atoms with Crippen molar-refractivity contribution in [3.05, 3.63) is 29.7 Å². The van der Waals surface area contributed by atoms with E-state index in [0.717, 1.165) is 4.31 Å². The van der Waals surface area contributed by atoms with E-state index in [1.807, 2.05) is 0 Å². The van der Waals surface area contributed by atoms with E-state index in [4.69, 9.17) is 10.2 Å².